The highest BCUT2D eigenvalue weighted by atomic mass is 32.2. The summed E-state index contributed by atoms with van der Waals surface area (Å²) in [5, 5.41) is 4.02. The van der Waals surface area contributed by atoms with E-state index in [-0.39, 0.29) is 11.6 Å². The van der Waals surface area contributed by atoms with Gasteiger partial charge >= 0.3 is 0 Å². The van der Waals surface area contributed by atoms with E-state index in [1.54, 1.807) is 0 Å². The van der Waals surface area contributed by atoms with Crippen molar-refractivity contribution in [3.05, 3.63) is 35.4 Å². The van der Waals surface area contributed by atoms with E-state index in [0.717, 1.165) is 25.0 Å². The third-order valence-corrected chi connectivity index (χ3v) is 6.27. The lowest BCUT2D eigenvalue weighted by molar-refractivity contribution is 0.335. The van der Waals surface area contributed by atoms with Crippen molar-refractivity contribution in [1.29, 1.82) is 0 Å². The molecule has 1 aliphatic heterocycles. The van der Waals surface area contributed by atoms with Crippen molar-refractivity contribution in [2.45, 2.75) is 49.9 Å². The highest BCUT2D eigenvalue weighted by Crippen LogP contribution is 2.36. The number of nitrogens with one attached hydrogen (secondary N) is 1. The van der Waals surface area contributed by atoms with Gasteiger partial charge < -0.3 is 5.32 Å². The standard InChI is InChI=1S/C15H21NOS/c1-15(2)10-18(17)13-9-5-7-11-6-3-4-8-12(11)14(13)16-15/h3-4,6,8,13-14,16H,5,7,9-10H2,1-2H3. The third kappa shape index (κ3) is 2.14. The zero-order valence-electron chi connectivity index (χ0n) is 11.1. The third-order valence-electron chi connectivity index (χ3n) is 4.08. The molecule has 0 amide bonds. The molecule has 1 aromatic rings. The summed E-state index contributed by atoms with van der Waals surface area (Å²) >= 11 is 0. The molecule has 1 aromatic carbocycles. The monoisotopic (exact) mass is 263 g/mol. The van der Waals surface area contributed by atoms with Gasteiger partial charge in [-0.25, -0.2) is 0 Å². The first-order valence-corrected chi connectivity index (χ1v) is 8.18. The molecule has 98 valence electrons. The van der Waals surface area contributed by atoms with Crippen LogP contribution in [0.4, 0.5) is 0 Å². The molecule has 2 nitrogen and oxygen atoms in total. The van der Waals surface area contributed by atoms with Gasteiger partial charge in [0.15, 0.2) is 0 Å². The number of hydrogen-bond donors (Lipinski definition) is 1. The first-order chi connectivity index (χ1) is 8.57. The maximum Gasteiger partial charge on any atom is 0.0543 e. The van der Waals surface area contributed by atoms with Gasteiger partial charge in [0.1, 0.15) is 0 Å². The Labute approximate surface area is 112 Å². The van der Waals surface area contributed by atoms with E-state index in [2.05, 4.69) is 43.4 Å². The van der Waals surface area contributed by atoms with Crippen molar-refractivity contribution in [1.82, 2.24) is 5.32 Å². The summed E-state index contributed by atoms with van der Waals surface area (Å²) in [5.41, 5.74) is 2.79. The molecule has 0 saturated carbocycles. The van der Waals surface area contributed by atoms with Gasteiger partial charge in [-0.3, -0.25) is 4.21 Å². The second kappa shape index (κ2) is 4.46. The van der Waals surface area contributed by atoms with Crippen LogP contribution in [-0.4, -0.2) is 20.8 Å². The Balaban J connectivity index is 2.05. The Morgan fingerprint density at radius 2 is 2.11 bits per heavy atom. The SMILES string of the molecule is CC1(C)CS(=O)C2CCCc3ccccc3C2N1. The largest absolute Gasteiger partial charge is 0.303 e. The van der Waals surface area contributed by atoms with Gasteiger partial charge in [-0.2, -0.15) is 0 Å². The molecule has 2 aliphatic rings. The van der Waals surface area contributed by atoms with E-state index >= 15 is 0 Å². The Bertz CT molecular complexity index is 483. The van der Waals surface area contributed by atoms with Crippen LogP contribution >= 0.6 is 0 Å². The van der Waals surface area contributed by atoms with Crippen LogP contribution in [0.2, 0.25) is 0 Å². The Kier molecular flexibility index (Phi) is 3.07. The summed E-state index contributed by atoms with van der Waals surface area (Å²) in [7, 11) is -0.707. The van der Waals surface area contributed by atoms with Gasteiger partial charge in [-0.05, 0) is 44.2 Å². The minimum absolute atomic E-state index is 0.0243. The van der Waals surface area contributed by atoms with Crippen LogP contribution in [-0.2, 0) is 17.2 Å². The van der Waals surface area contributed by atoms with Crippen LogP contribution in [0, 0.1) is 0 Å². The lowest BCUT2D eigenvalue weighted by atomic mass is 9.95. The van der Waals surface area contributed by atoms with Gasteiger partial charge in [0, 0.05) is 28.1 Å². The van der Waals surface area contributed by atoms with Crippen molar-refractivity contribution >= 4 is 10.8 Å². The molecule has 1 N–H and O–H groups in total. The van der Waals surface area contributed by atoms with E-state index < -0.39 is 10.8 Å². The Morgan fingerprint density at radius 1 is 1.33 bits per heavy atom. The summed E-state index contributed by atoms with van der Waals surface area (Å²) in [5.74, 6) is 0.774. The van der Waals surface area contributed by atoms with E-state index in [1.807, 2.05) is 0 Å². The highest BCUT2D eigenvalue weighted by Gasteiger charge is 2.41. The highest BCUT2D eigenvalue weighted by molar-refractivity contribution is 7.85. The molecule has 1 heterocycles. The average molecular weight is 263 g/mol. The zero-order chi connectivity index (χ0) is 12.8. The number of hydrogen-bond acceptors (Lipinski definition) is 2. The number of aryl methyl sites for hydroxylation is 1. The van der Waals surface area contributed by atoms with Crippen molar-refractivity contribution in [2.24, 2.45) is 0 Å². The second-order valence-electron chi connectivity index (χ2n) is 6.16. The lowest BCUT2D eigenvalue weighted by Crippen LogP contribution is -2.56. The van der Waals surface area contributed by atoms with Crippen molar-refractivity contribution < 1.29 is 4.21 Å². The molecule has 3 heteroatoms. The van der Waals surface area contributed by atoms with Gasteiger partial charge in [-0.15, -0.1) is 0 Å². The fourth-order valence-corrected chi connectivity index (χ4v) is 5.26. The van der Waals surface area contributed by atoms with Crippen molar-refractivity contribution in [3.63, 3.8) is 0 Å². The number of fused-ring (bicyclic) bond motifs is 3. The lowest BCUT2D eigenvalue weighted by Gasteiger charge is -2.41. The number of rotatable bonds is 0. The van der Waals surface area contributed by atoms with Crippen LogP contribution in [0.1, 0.15) is 43.9 Å². The molecule has 1 aliphatic carbocycles. The van der Waals surface area contributed by atoms with Crippen LogP contribution in [0.15, 0.2) is 24.3 Å². The average Bonchev–Trinajstić information content (AvgIpc) is 2.48. The van der Waals surface area contributed by atoms with Crippen LogP contribution in [0.3, 0.4) is 0 Å². The second-order valence-corrected chi connectivity index (χ2v) is 7.82. The van der Waals surface area contributed by atoms with E-state index in [0.29, 0.717) is 5.25 Å². The zero-order valence-corrected chi connectivity index (χ0v) is 11.9. The molecule has 3 atom stereocenters. The van der Waals surface area contributed by atoms with E-state index in [9.17, 15) is 4.21 Å². The molecule has 1 saturated heterocycles. The van der Waals surface area contributed by atoms with Crippen molar-refractivity contribution in [2.75, 3.05) is 5.75 Å². The fourth-order valence-electron chi connectivity index (χ4n) is 3.31. The number of benzene rings is 1. The summed E-state index contributed by atoms with van der Waals surface area (Å²) in [6.45, 7) is 4.32. The summed E-state index contributed by atoms with van der Waals surface area (Å²) < 4.78 is 12.5. The molecular formula is C15H21NOS. The first kappa shape index (κ1) is 12.4. The maximum absolute atomic E-state index is 12.5. The van der Waals surface area contributed by atoms with Gasteiger partial charge in [0.05, 0.1) is 5.25 Å². The van der Waals surface area contributed by atoms with Gasteiger partial charge in [0.2, 0.25) is 0 Å². The Morgan fingerprint density at radius 3 is 2.94 bits per heavy atom. The summed E-state index contributed by atoms with van der Waals surface area (Å²) in [6, 6.07) is 8.93. The van der Waals surface area contributed by atoms with E-state index in [4.69, 9.17) is 0 Å². The molecule has 3 rings (SSSR count). The predicted molar refractivity (Wildman–Crippen MR) is 76.1 cm³/mol. The Hall–Kier alpha value is -0.670. The van der Waals surface area contributed by atoms with Crippen molar-refractivity contribution in [3.8, 4) is 0 Å². The molecule has 0 bridgehead atoms. The molecule has 0 aromatic heterocycles. The minimum atomic E-state index is -0.707. The fraction of sp³-hybridized carbons (Fsp3) is 0.600. The quantitative estimate of drug-likeness (QED) is 0.779. The van der Waals surface area contributed by atoms with Crippen LogP contribution in [0.25, 0.3) is 0 Å². The summed E-state index contributed by atoms with van der Waals surface area (Å²) in [4.78, 5) is 0. The maximum atomic E-state index is 12.5. The van der Waals surface area contributed by atoms with Gasteiger partial charge in [-0.1, -0.05) is 24.3 Å². The molecular weight excluding hydrogens is 242 g/mol. The molecule has 3 unspecified atom stereocenters. The van der Waals surface area contributed by atoms with E-state index in [1.165, 1.54) is 11.1 Å². The van der Waals surface area contributed by atoms with Crippen LogP contribution < -0.4 is 5.32 Å². The topological polar surface area (TPSA) is 29.1 Å². The summed E-state index contributed by atoms with van der Waals surface area (Å²) in [6.07, 6.45) is 3.36. The van der Waals surface area contributed by atoms with Crippen LogP contribution in [0.5, 0.6) is 0 Å². The molecule has 0 radical (unpaired) electrons. The molecule has 1 fully saturated rings. The van der Waals surface area contributed by atoms with Gasteiger partial charge in [0.25, 0.3) is 0 Å². The minimum Gasteiger partial charge on any atom is -0.303 e. The molecule has 18 heavy (non-hydrogen) atoms. The molecule has 0 spiro atoms. The first-order valence-electron chi connectivity index (χ1n) is 6.79. The normalized spacial score (nSPS) is 34.2. The predicted octanol–water partition coefficient (Wildman–Crippen LogP) is 2.56. The smallest absolute Gasteiger partial charge is 0.0543 e.